The first-order chi connectivity index (χ1) is 12.6. The molecular weight excluding hydrogens is 399 g/mol. The molecule has 0 spiro atoms. The van der Waals surface area contributed by atoms with E-state index >= 15 is 0 Å². The van der Waals surface area contributed by atoms with E-state index in [1.807, 2.05) is 0 Å². The number of amides is 2. The van der Waals surface area contributed by atoms with Crippen molar-refractivity contribution in [3.63, 3.8) is 0 Å². The molecule has 2 aromatic rings. The molecule has 2 amide bonds. The standard InChI is InChI=1S/C17H20F3N5O2.ClH/c1-10-5-11(2)25(24-10)13-4-3-12(14(6-13)17(18,19)20)8-22-16(27)9-23-15(26)7-21;/h3-6H,7-9,21H2,1-2H3,(H,22,27)(H,23,26);1H. The van der Waals surface area contributed by atoms with Gasteiger partial charge in [-0.05, 0) is 37.6 Å². The number of nitrogens with zero attached hydrogens (tertiary/aromatic N) is 2. The Morgan fingerprint density at radius 3 is 2.36 bits per heavy atom. The van der Waals surface area contributed by atoms with Crippen molar-refractivity contribution in [1.82, 2.24) is 20.4 Å². The second-order valence-electron chi connectivity index (χ2n) is 5.94. The van der Waals surface area contributed by atoms with Crippen LogP contribution in [-0.2, 0) is 22.3 Å². The number of alkyl halides is 3. The van der Waals surface area contributed by atoms with Gasteiger partial charge in [0, 0.05) is 12.2 Å². The van der Waals surface area contributed by atoms with Crippen LogP contribution in [0.2, 0.25) is 0 Å². The van der Waals surface area contributed by atoms with E-state index in [4.69, 9.17) is 5.73 Å². The zero-order valence-corrected chi connectivity index (χ0v) is 16.1. The van der Waals surface area contributed by atoms with Crippen LogP contribution < -0.4 is 16.4 Å². The highest BCUT2D eigenvalue weighted by atomic mass is 35.5. The number of benzene rings is 1. The lowest BCUT2D eigenvalue weighted by atomic mass is 10.1. The molecule has 1 heterocycles. The Morgan fingerprint density at radius 2 is 1.82 bits per heavy atom. The van der Waals surface area contributed by atoms with Gasteiger partial charge in [0.25, 0.3) is 0 Å². The molecule has 0 unspecified atom stereocenters. The first-order valence-electron chi connectivity index (χ1n) is 8.09. The fraction of sp³-hybridized carbons (Fsp3) is 0.353. The number of aromatic nitrogens is 2. The molecule has 11 heteroatoms. The summed E-state index contributed by atoms with van der Waals surface area (Å²) in [6.45, 7) is 2.53. The molecule has 0 radical (unpaired) electrons. The molecule has 1 aromatic heterocycles. The smallest absolute Gasteiger partial charge is 0.350 e. The van der Waals surface area contributed by atoms with Crippen molar-refractivity contribution < 1.29 is 22.8 Å². The predicted octanol–water partition coefficient (Wildman–Crippen LogP) is 1.62. The zero-order valence-electron chi connectivity index (χ0n) is 15.3. The summed E-state index contributed by atoms with van der Waals surface area (Å²) >= 11 is 0. The highest BCUT2D eigenvalue weighted by molar-refractivity contribution is 5.85. The van der Waals surface area contributed by atoms with Gasteiger partial charge in [0.15, 0.2) is 0 Å². The largest absolute Gasteiger partial charge is 0.416 e. The second-order valence-corrected chi connectivity index (χ2v) is 5.94. The van der Waals surface area contributed by atoms with E-state index in [1.165, 1.54) is 16.8 Å². The molecule has 0 aliphatic heterocycles. The van der Waals surface area contributed by atoms with Gasteiger partial charge < -0.3 is 16.4 Å². The van der Waals surface area contributed by atoms with Gasteiger partial charge in [0.1, 0.15) is 0 Å². The van der Waals surface area contributed by atoms with Crippen molar-refractivity contribution in [2.75, 3.05) is 13.1 Å². The number of rotatable bonds is 6. The molecule has 0 atom stereocenters. The topological polar surface area (TPSA) is 102 Å². The Hall–Kier alpha value is -2.59. The lowest BCUT2D eigenvalue weighted by Gasteiger charge is -2.16. The summed E-state index contributed by atoms with van der Waals surface area (Å²) < 4.78 is 41.8. The van der Waals surface area contributed by atoms with Crippen molar-refractivity contribution >= 4 is 24.2 Å². The Balaban J connectivity index is 0.00000392. The van der Waals surface area contributed by atoms with E-state index in [9.17, 15) is 22.8 Å². The molecular formula is C17H21ClF3N5O2. The molecule has 0 bridgehead atoms. The van der Waals surface area contributed by atoms with E-state index in [0.717, 1.165) is 6.07 Å². The van der Waals surface area contributed by atoms with Crippen molar-refractivity contribution in [3.05, 3.63) is 46.8 Å². The lowest BCUT2D eigenvalue weighted by Crippen LogP contribution is -2.39. The third kappa shape index (κ3) is 5.96. The van der Waals surface area contributed by atoms with Crippen molar-refractivity contribution in [3.8, 4) is 5.69 Å². The summed E-state index contributed by atoms with van der Waals surface area (Å²) in [7, 11) is 0. The molecule has 1 aromatic carbocycles. The number of nitrogens with two attached hydrogens (primary N) is 1. The van der Waals surface area contributed by atoms with Gasteiger partial charge in [0.2, 0.25) is 11.8 Å². The van der Waals surface area contributed by atoms with Gasteiger partial charge >= 0.3 is 6.18 Å². The van der Waals surface area contributed by atoms with Gasteiger partial charge in [-0.2, -0.15) is 18.3 Å². The maximum absolute atomic E-state index is 13.5. The van der Waals surface area contributed by atoms with Crippen molar-refractivity contribution in [1.29, 1.82) is 0 Å². The van der Waals surface area contributed by atoms with Crippen LogP contribution in [0.4, 0.5) is 13.2 Å². The van der Waals surface area contributed by atoms with Crippen molar-refractivity contribution in [2.45, 2.75) is 26.6 Å². The Morgan fingerprint density at radius 1 is 1.14 bits per heavy atom. The Labute approximate surface area is 165 Å². The average molecular weight is 420 g/mol. The monoisotopic (exact) mass is 419 g/mol. The number of hydrogen-bond acceptors (Lipinski definition) is 4. The first-order valence-corrected chi connectivity index (χ1v) is 8.09. The van der Waals surface area contributed by atoms with E-state index in [2.05, 4.69) is 15.7 Å². The summed E-state index contributed by atoms with van der Waals surface area (Å²) in [5.74, 6) is -1.15. The Bertz CT molecular complexity index is 852. The van der Waals surface area contributed by atoms with Crippen LogP contribution in [0.1, 0.15) is 22.5 Å². The van der Waals surface area contributed by atoms with Gasteiger partial charge in [0.05, 0.1) is 30.0 Å². The van der Waals surface area contributed by atoms with Crippen LogP contribution in [0, 0.1) is 13.8 Å². The molecule has 0 fully saturated rings. The average Bonchev–Trinajstić information content (AvgIpc) is 2.95. The van der Waals surface area contributed by atoms with E-state index in [-0.39, 0.29) is 43.3 Å². The molecule has 0 saturated heterocycles. The summed E-state index contributed by atoms with van der Waals surface area (Å²) in [5.41, 5.74) is 5.81. The highest BCUT2D eigenvalue weighted by Crippen LogP contribution is 2.33. The first kappa shape index (κ1) is 23.4. The van der Waals surface area contributed by atoms with Crippen LogP contribution >= 0.6 is 12.4 Å². The number of nitrogens with one attached hydrogen (secondary N) is 2. The predicted molar refractivity (Wildman–Crippen MR) is 99.2 cm³/mol. The fourth-order valence-corrected chi connectivity index (χ4v) is 2.51. The number of hydrogen-bond donors (Lipinski definition) is 3. The van der Waals surface area contributed by atoms with Gasteiger partial charge in [-0.15, -0.1) is 12.4 Å². The second kappa shape index (κ2) is 9.56. The number of aryl methyl sites for hydroxylation is 2. The maximum Gasteiger partial charge on any atom is 0.416 e. The fourth-order valence-electron chi connectivity index (χ4n) is 2.51. The third-order valence-corrected chi connectivity index (χ3v) is 3.76. The number of carbonyl (C=O) groups excluding carboxylic acids is 2. The molecule has 0 saturated carbocycles. The lowest BCUT2D eigenvalue weighted by molar-refractivity contribution is -0.138. The zero-order chi connectivity index (χ0) is 20.2. The van der Waals surface area contributed by atoms with Gasteiger partial charge in [-0.3, -0.25) is 9.59 Å². The molecule has 0 aliphatic carbocycles. The summed E-state index contributed by atoms with van der Waals surface area (Å²) in [6, 6.07) is 5.56. The van der Waals surface area contributed by atoms with Gasteiger partial charge in [-0.25, -0.2) is 4.68 Å². The molecule has 0 aliphatic rings. The van der Waals surface area contributed by atoms with E-state index in [0.29, 0.717) is 11.4 Å². The third-order valence-electron chi connectivity index (χ3n) is 3.76. The summed E-state index contributed by atoms with van der Waals surface area (Å²) in [6.07, 6.45) is -4.60. The molecule has 7 nitrogen and oxygen atoms in total. The minimum absolute atomic E-state index is 0. The highest BCUT2D eigenvalue weighted by Gasteiger charge is 2.34. The molecule has 154 valence electrons. The minimum Gasteiger partial charge on any atom is -0.350 e. The normalized spacial score (nSPS) is 10.9. The van der Waals surface area contributed by atoms with Gasteiger partial charge in [-0.1, -0.05) is 6.07 Å². The number of halogens is 4. The number of carbonyl (C=O) groups is 2. The van der Waals surface area contributed by atoms with E-state index in [1.54, 1.807) is 19.9 Å². The molecule has 2 rings (SSSR count). The summed E-state index contributed by atoms with van der Waals surface area (Å²) in [5, 5.41) is 8.78. The van der Waals surface area contributed by atoms with Crippen LogP contribution in [0.5, 0.6) is 0 Å². The summed E-state index contributed by atoms with van der Waals surface area (Å²) in [4.78, 5) is 22.7. The molecule has 4 N–H and O–H groups in total. The molecule has 28 heavy (non-hydrogen) atoms. The maximum atomic E-state index is 13.5. The van der Waals surface area contributed by atoms with Crippen LogP contribution in [0.25, 0.3) is 5.69 Å². The SMILES string of the molecule is Cc1cc(C)n(-c2ccc(CNC(=O)CNC(=O)CN)c(C(F)(F)F)c2)n1.Cl. The van der Waals surface area contributed by atoms with Crippen LogP contribution in [-0.4, -0.2) is 34.7 Å². The van der Waals surface area contributed by atoms with E-state index < -0.39 is 23.6 Å². The van der Waals surface area contributed by atoms with Crippen LogP contribution in [0.3, 0.4) is 0 Å². The quantitative estimate of drug-likeness (QED) is 0.662. The van der Waals surface area contributed by atoms with Crippen molar-refractivity contribution in [2.24, 2.45) is 5.73 Å². The van der Waals surface area contributed by atoms with Crippen LogP contribution in [0.15, 0.2) is 24.3 Å². The Kier molecular flexibility index (Phi) is 8.01. The minimum atomic E-state index is -4.60.